The van der Waals surface area contributed by atoms with E-state index in [9.17, 15) is 0 Å². The van der Waals surface area contributed by atoms with Gasteiger partial charge in [0.15, 0.2) is 0 Å². The molecule has 0 unspecified atom stereocenters. The predicted octanol–water partition coefficient (Wildman–Crippen LogP) is 3.39. The fourth-order valence-corrected chi connectivity index (χ4v) is 8.92. The van der Waals surface area contributed by atoms with Crippen molar-refractivity contribution in [1.82, 2.24) is 4.98 Å². The molecule has 1 aliphatic heterocycles. The van der Waals surface area contributed by atoms with Crippen molar-refractivity contribution in [3.63, 3.8) is 0 Å². The van der Waals surface area contributed by atoms with Crippen molar-refractivity contribution < 1.29 is 4.15 Å². The second-order valence-corrected chi connectivity index (χ2v) is 12.0. The van der Waals surface area contributed by atoms with Gasteiger partial charge in [-0.15, -0.1) is 0 Å². The van der Waals surface area contributed by atoms with Gasteiger partial charge in [-0.2, -0.15) is 0 Å². The number of nitrogens with zero attached hydrogens (tertiary/aromatic N) is 1. The summed E-state index contributed by atoms with van der Waals surface area (Å²) in [4.78, 5) is 3.16. The Morgan fingerprint density at radius 1 is 1.00 bits per heavy atom. The molecule has 0 aliphatic carbocycles. The monoisotopic (exact) mass is 267 g/mol. The van der Waals surface area contributed by atoms with E-state index in [1.165, 1.54) is 0 Å². The van der Waals surface area contributed by atoms with Crippen molar-refractivity contribution in [3.8, 4) is 0 Å². The lowest BCUT2D eigenvalue weighted by atomic mass is 9.96. The summed E-state index contributed by atoms with van der Waals surface area (Å²) in [6.45, 7) is 13.1. The molecule has 88 valence electrons. The van der Waals surface area contributed by atoms with Crippen LogP contribution in [-0.4, -0.2) is 22.2 Å². The minimum absolute atomic E-state index is 0.0199. The number of nitrogens with one attached hydrogen (secondary N) is 1. The van der Waals surface area contributed by atoms with Gasteiger partial charge in [0.05, 0.1) is 17.3 Å². The summed E-state index contributed by atoms with van der Waals surface area (Å²) < 4.78 is 0.621. The highest BCUT2D eigenvalue weighted by Gasteiger charge is 2.67. The van der Waals surface area contributed by atoms with Gasteiger partial charge >= 0.3 is 7.02 Å². The standard InChI is InChI=1S/C10H21Cl2N2Si/c1-9(2,3)14(10(4,5)6)8-7-13-15(14,11)12/h7-8,13H,1-6H3/q+1. The van der Waals surface area contributed by atoms with Crippen LogP contribution in [-0.2, 0) is 0 Å². The van der Waals surface area contributed by atoms with Crippen molar-refractivity contribution in [3.05, 3.63) is 12.4 Å². The minimum Gasteiger partial charge on any atom is -0.340 e. The Bertz CT molecular complexity index is 273. The highest BCUT2D eigenvalue weighted by Crippen LogP contribution is 2.46. The first-order valence-corrected chi connectivity index (χ1v) is 9.15. The van der Waals surface area contributed by atoms with Gasteiger partial charge in [-0.05, 0) is 41.5 Å². The van der Waals surface area contributed by atoms with Crippen LogP contribution in [0.3, 0.4) is 0 Å². The Balaban J connectivity index is 3.39. The van der Waals surface area contributed by atoms with E-state index in [1.54, 1.807) is 0 Å². The molecule has 0 saturated heterocycles. The molecule has 2 nitrogen and oxygen atoms in total. The van der Waals surface area contributed by atoms with Crippen LogP contribution in [0, 0.1) is 0 Å². The van der Waals surface area contributed by atoms with Crippen LogP contribution >= 0.6 is 22.2 Å². The van der Waals surface area contributed by atoms with Crippen LogP contribution in [0.5, 0.6) is 0 Å². The van der Waals surface area contributed by atoms with Gasteiger partial charge in [0.25, 0.3) is 0 Å². The lowest BCUT2D eigenvalue weighted by Gasteiger charge is -2.56. The molecule has 0 amide bonds. The van der Waals surface area contributed by atoms with Gasteiger partial charge in [0.2, 0.25) is 0 Å². The van der Waals surface area contributed by atoms with Gasteiger partial charge in [-0.3, -0.25) is 0 Å². The predicted molar refractivity (Wildman–Crippen MR) is 69.5 cm³/mol. The second kappa shape index (κ2) is 3.39. The first-order chi connectivity index (χ1) is 6.46. The Labute approximate surface area is 103 Å². The van der Waals surface area contributed by atoms with E-state index in [1.807, 2.05) is 6.20 Å². The van der Waals surface area contributed by atoms with Crippen LogP contribution in [0.2, 0.25) is 0 Å². The third-order valence-electron chi connectivity index (χ3n) is 3.11. The van der Waals surface area contributed by atoms with E-state index < -0.39 is 7.02 Å². The highest BCUT2D eigenvalue weighted by molar-refractivity contribution is 7.41. The molecule has 5 heteroatoms. The smallest absolute Gasteiger partial charge is 0.340 e. The van der Waals surface area contributed by atoms with E-state index in [2.05, 4.69) is 52.7 Å². The second-order valence-electron chi connectivity index (χ2n) is 6.07. The van der Waals surface area contributed by atoms with Gasteiger partial charge in [-0.1, -0.05) is 22.2 Å². The van der Waals surface area contributed by atoms with Gasteiger partial charge in [0.1, 0.15) is 0 Å². The maximum Gasteiger partial charge on any atom is 0.610 e. The zero-order chi connectivity index (χ0) is 12.1. The fourth-order valence-electron chi connectivity index (χ4n) is 2.74. The molecule has 0 atom stereocenters. The van der Waals surface area contributed by atoms with E-state index in [0.717, 1.165) is 0 Å². The van der Waals surface area contributed by atoms with Gasteiger partial charge < -0.3 is 9.13 Å². The quantitative estimate of drug-likeness (QED) is 0.524. The van der Waals surface area contributed by atoms with Crippen molar-refractivity contribution in [2.24, 2.45) is 0 Å². The Morgan fingerprint density at radius 3 is 1.53 bits per heavy atom. The summed E-state index contributed by atoms with van der Waals surface area (Å²) in [7, 11) is -2.57. The molecule has 0 fully saturated rings. The van der Waals surface area contributed by atoms with Crippen LogP contribution in [0.25, 0.3) is 0 Å². The first kappa shape index (κ1) is 13.4. The Hall–Kier alpha value is 0.297. The van der Waals surface area contributed by atoms with Gasteiger partial charge in [-0.25, -0.2) is 0 Å². The average molecular weight is 268 g/mol. The van der Waals surface area contributed by atoms with Crippen molar-refractivity contribution in [1.29, 1.82) is 0 Å². The van der Waals surface area contributed by atoms with Crippen molar-refractivity contribution in [2.75, 3.05) is 0 Å². The molecule has 0 aromatic carbocycles. The maximum absolute atomic E-state index is 6.56. The van der Waals surface area contributed by atoms with Gasteiger partial charge in [0, 0.05) is 6.20 Å². The molecule has 0 bridgehead atoms. The number of hydrogen-bond donors (Lipinski definition) is 1. The number of quaternary nitrogens is 1. The summed E-state index contributed by atoms with van der Waals surface area (Å²) in [5.74, 6) is 0. The molecule has 0 radical (unpaired) electrons. The summed E-state index contributed by atoms with van der Waals surface area (Å²) in [5, 5.41) is 0. The third kappa shape index (κ3) is 1.74. The molecule has 1 heterocycles. The molecule has 1 N–H and O–H groups in total. The highest BCUT2D eigenvalue weighted by atomic mass is 35.7. The lowest BCUT2D eigenvalue weighted by Crippen LogP contribution is -2.76. The molecule has 15 heavy (non-hydrogen) atoms. The Kier molecular flexibility index (Phi) is 3.02. The topological polar surface area (TPSA) is 12.0 Å². The third-order valence-corrected chi connectivity index (χ3v) is 8.26. The number of hydrogen-bond acceptors (Lipinski definition) is 1. The fraction of sp³-hybridized carbons (Fsp3) is 0.800. The Morgan fingerprint density at radius 2 is 1.40 bits per heavy atom. The van der Waals surface area contributed by atoms with Crippen LogP contribution in [0.4, 0.5) is 0 Å². The lowest BCUT2D eigenvalue weighted by molar-refractivity contribution is -0.872. The van der Waals surface area contributed by atoms with Crippen molar-refractivity contribution in [2.45, 2.75) is 52.6 Å². The van der Waals surface area contributed by atoms with Crippen LogP contribution in [0.15, 0.2) is 12.4 Å². The van der Waals surface area contributed by atoms with E-state index in [0.29, 0.717) is 4.15 Å². The van der Waals surface area contributed by atoms with E-state index in [4.69, 9.17) is 22.2 Å². The molecular formula is C10H21Cl2N2Si+. The first-order valence-electron chi connectivity index (χ1n) is 5.18. The summed E-state index contributed by atoms with van der Waals surface area (Å²) in [6, 6.07) is 0. The zero-order valence-corrected chi connectivity index (χ0v) is 12.9. The molecule has 0 aromatic rings. The zero-order valence-electron chi connectivity index (χ0n) is 10.4. The number of halogens is 2. The SMILES string of the molecule is CC(C)(C)[N+]1(C(C)(C)C)C=CN[Si]1(Cl)Cl. The molecule has 0 spiro atoms. The summed E-state index contributed by atoms with van der Waals surface area (Å²) >= 11 is 13.1. The largest absolute Gasteiger partial charge is 0.610 e. The molecule has 1 aliphatic rings. The van der Waals surface area contributed by atoms with E-state index >= 15 is 0 Å². The van der Waals surface area contributed by atoms with Crippen LogP contribution < -0.4 is 4.98 Å². The van der Waals surface area contributed by atoms with Crippen LogP contribution in [0.1, 0.15) is 41.5 Å². The maximum atomic E-state index is 6.56. The summed E-state index contributed by atoms with van der Waals surface area (Å²) in [6.07, 6.45) is 4.02. The molecule has 0 saturated carbocycles. The molecular weight excluding hydrogens is 247 g/mol. The molecule has 1 rings (SSSR count). The summed E-state index contributed by atoms with van der Waals surface area (Å²) in [5.41, 5.74) is -0.0397. The average Bonchev–Trinajstić information content (AvgIpc) is 2.21. The minimum atomic E-state index is -2.57. The number of rotatable bonds is 0. The van der Waals surface area contributed by atoms with Crippen molar-refractivity contribution >= 4 is 29.2 Å². The van der Waals surface area contributed by atoms with E-state index in [-0.39, 0.29) is 11.1 Å². The normalized spacial score (nSPS) is 24.0. The molecule has 0 aromatic heterocycles.